The van der Waals surface area contributed by atoms with Crippen LogP contribution >= 0.6 is 49.4 Å². The van der Waals surface area contributed by atoms with E-state index in [1.807, 2.05) is 0 Å². The van der Waals surface area contributed by atoms with Crippen molar-refractivity contribution in [3.8, 4) is 0 Å². The SMILES string of the molecule is FP1(F)=NP(F)(F)=NP(F)(F)=NP(F)(Cl)=NP(F)(F)=N1. The van der Waals surface area contributed by atoms with E-state index in [0.29, 0.717) is 0 Å². The molecule has 0 fully saturated rings. The first kappa shape index (κ1) is 18.9. The molecular formula is ClF9N5P5. The minimum Gasteiger partial charge on any atom is -0.165 e. The Hall–Kier alpha value is 0.810. The molecule has 0 saturated heterocycles. The average molecular weight is 431 g/mol. The molecule has 0 aromatic carbocycles. The van der Waals surface area contributed by atoms with Crippen LogP contribution < -0.4 is 0 Å². The molecule has 20 heteroatoms. The van der Waals surface area contributed by atoms with E-state index in [1.165, 1.54) is 13.5 Å². The average Bonchev–Trinajstić information content (AvgIpc) is 1.84. The number of halogens is 10. The fraction of sp³-hybridized carbons (Fsp3) is 0. The van der Waals surface area contributed by atoms with Crippen LogP contribution in [0.3, 0.4) is 0 Å². The van der Waals surface area contributed by atoms with Crippen molar-refractivity contribution in [3.63, 3.8) is 0 Å². The van der Waals surface area contributed by atoms with Crippen molar-refractivity contribution in [2.45, 2.75) is 0 Å². The maximum atomic E-state index is 13.1. The number of rotatable bonds is 0. The highest BCUT2D eigenvalue weighted by Gasteiger charge is 2.38. The van der Waals surface area contributed by atoms with Gasteiger partial charge in [0.05, 0.1) is 0 Å². The Balaban J connectivity index is 3.95. The summed E-state index contributed by atoms with van der Waals surface area (Å²) in [5, 5.41) is 0. The van der Waals surface area contributed by atoms with Crippen molar-refractivity contribution in [2.75, 3.05) is 0 Å². The zero-order valence-corrected chi connectivity index (χ0v) is 13.5. The van der Waals surface area contributed by atoms with Crippen molar-refractivity contribution in [2.24, 2.45) is 22.6 Å². The second-order valence-corrected chi connectivity index (χ2v) is 12.2. The molecule has 0 bridgehead atoms. The highest BCUT2D eigenvalue weighted by atomic mass is 35.7. The molecule has 0 amide bonds. The topological polar surface area (TPSA) is 61.8 Å². The zero-order valence-electron chi connectivity index (χ0n) is 8.25. The third-order valence-electron chi connectivity index (χ3n) is 1.08. The van der Waals surface area contributed by atoms with E-state index in [1.54, 1.807) is 9.03 Å². The van der Waals surface area contributed by atoms with Crippen molar-refractivity contribution in [3.05, 3.63) is 0 Å². The minimum atomic E-state index is -6.71. The van der Waals surface area contributed by atoms with Crippen molar-refractivity contribution >= 4 is 49.4 Å². The maximum Gasteiger partial charge on any atom is 0.425 e. The summed E-state index contributed by atoms with van der Waals surface area (Å²) in [6, 6.07) is 0. The minimum absolute atomic E-state index is 1.29. The monoisotopic (exact) mass is 431 g/mol. The van der Waals surface area contributed by atoms with E-state index in [9.17, 15) is 37.8 Å². The van der Waals surface area contributed by atoms with Gasteiger partial charge in [0, 0.05) is 0 Å². The zero-order chi connectivity index (χ0) is 16.0. The van der Waals surface area contributed by atoms with Crippen molar-refractivity contribution < 1.29 is 37.8 Å². The number of hydrogen-bond donors (Lipinski definition) is 0. The summed E-state index contributed by atoms with van der Waals surface area (Å²) in [5.74, 6) is 0. The fourth-order valence-electron chi connectivity index (χ4n) is 0.737. The van der Waals surface area contributed by atoms with Gasteiger partial charge in [-0.05, 0) is 11.2 Å². The van der Waals surface area contributed by atoms with Gasteiger partial charge in [0.15, 0.2) is 0 Å². The lowest BCUT2D eigenvalue weighted by molar-refractivity contribution is 0.688. The first-order chi connectivity index (χ1) is 8.54. The largest absolute Gasteiger partial charge is 0.425 e. The third kappa shape index (κ3) is 6.29. The lowest BCUT2D eigenvalue weighted by atomic mass is 13.8. The molecule has 0 radical (unpaired) electrons. The molecule has 20 heavy (non-hydrogen) atoms. The maximum absolute atomic E-state index is 13.1. The molecule has 0 aliphatic carbocycles. The highest BCUT2D eigenvalue weighted by molar-refractivity contribution is 7.92. The second kappa shape index (κ2) is 5.47. The summed E-state index contributed by atoms with van der Waals surface area (Å²) in [4.78, 5) is 0. The van der Waals surface area contributed by atoms with E-state index >= 15 is 0 Å². The molecule has 1 heterocycles. The third-order valence-corrected chi connectivity index (χ3v) is 10.9. The Labute approximate surface area is 110 Å². The van der Waals surface area contributed by atoms with Crippen molar-refractivity contribution in [1.29, 1.82) is 0 Å². The lowest BCUT2D eigenvalue weighted by Gasteiger charge is -2.09. The van der Waals surface area contributed by atoms with Gasteiger partial charge in [0.1, 0.15) is 0 Å². The molecular weight excluding hydrogens is 431 g/mol. The van der Waals surface area contributed by atoms with Gasteiger partial charge < -0.3 is 0 Å². The molecule has 1 unspecified atom stereocenters. The van der Waals surface area contributed by atoms with Crippen LogP contribution in [0.1, 0.15) is 0 Å². The number of hydrogen-bond acceptors (Lipinski definition) is 5. The van der Waals surface area contributed by atoms with Crippen LogP contribution in [0.15, 0.2) is 22.6 Å². The highest BCUT2D eigenvalue weighted by Crippen LogP contribution is 2.83. The Kier molecular flexibility index (Phi) is 5.15. The molecule has 120 valence electrons. The molecule has 0 saturated carbocycles. The summed E-state index contributed by atoms with van der Waals surface area (Å²) in [6.07, 6.45) is 0. The van der Waals surface area contributed by atoms with Gasteiger partial charge in [0.25, 0.3) is 0 Å². The van der Waals surface area contributed by atoms with Gasteiger partial charge in [-0.3, -0.25) is 0 Å². The molecule has 0 spiro atoms. The van der Waals surface area contributed by atoms with Crippen LogP contribution in [0, 0.1) is 0 Å². The molecule has 0 aromatic heterocycles. The van der Waals surface area contributed by atoms with Crippen LogP contribution in [0.25, 0.3) is 0 Å². The normalized spacial score (nSPS) is 34.3. The van der Waals surface area contributed by atoms with Gasteiger partial charge in [0.2, 0.25) is 0 Å². The molecule has 1 atom stereocenters. The second-order valence-electron chi connectivity index (χ2n) is 2.73. The predicted molar refractivity (Wildman–Crippen MR) is 62.6 cm³/mol. The molecule has 1 aliphatic heterocycles. The molecule has 0 aromatic rings. The van der Waals surface area contributed by atoms with E-state index in [-0.39, 0.29) is 0 Å². The molecule has 1 aliphatic rings. The van der Waals surface area contributed by atoms with E-state index in [4.69, 9.17) is 0 Å². The quantitative estimate of drug-likeness (QED) is 0.271. The predicted octanol–water partition coefficient (Wildman–Crippen LogP) is 9.70. The van der Waals surface area contributed by atoms with E-state index < -0.39 is 38.2 Å². The molecule has 1 rings (SSSR count). The smallest absolute Gasteiger partial charge is 0.165 e. The lowest BCUT2D eigenvalue weighted by Crippen LogP contribution is -1.66. The van der Waals surface area contributed by atoms with Gasteiger partial charge in [-0.15, -0.1) is 56.2 Å². The van der Waals surface area contributed by atoms with E-state index in [2.05, 4.69) is 11.2 Å². The Morgan fingerprint density at radius 3 is 1.05 bits per heavy atom. The number of nitrogens with zero attached hydrogens (tertiary/aromatic N) is 5. The Morgan fingerprint density at radius 2 is 0.700 bits per heavy atom. The summed E-state index contributed by atoms with van der Waals surface area (Å²) in [7, 11) is -26.6. The van der Waals surface area contributed by atoms with Gasteiger partial charge in [-0.1, -0.05) is 0 Å². The Bertz CT molecular complexity index is 507. The van der Waals surface area contributed by atoms with Gasteiger partial charge >= 0.3 is 38.2 Å². The molecule has 0 N–H and O–H groups in total. The summed E-state index contributed by atoms with van der Waals surface area (Å²) in [6.45, 7) is -5.85. The standard InChI is InChI=1S/ClF9N5P5/c1-16(2)11-17(3,4)13-19(7,8)15-20(9,10)14-18(5,6)12-16. The van der Waals surface area contributed by atoms with Crippen LogP contribution in [-0.4, -0.2) is 0 Å². The molecule has 5 nitrogen and oxygen atoms in total. The Morgan fingerprint density at radius 1 is 0.450 bits per heavy atom. The van der Waals surface area contributed by atoms with E-state index in [0.717, 1.165) is 0 Å². The summed E-state index contributed by atoms with van der Waals surface area (Å²) in [5.41, 5.74) is 0. The van der Waals surface area contributed by atoms with Crippen LogP contribution in [0.4, 0.5) is 37.8 Å². The van der Waals surface area contributed by atoms with Crippen LogP contribution in [0.5, 0.6) is 0 Å². The van der Waals surface area contributed by atoms with Crippen LogP contribution in [-0.2, 0) is 0 Å². The van der Waals surface area contributed by atoms with Crippen molar-refractivity contribution in [1.82, 2.24) is 0 Å². The first-order valence-electron chi connectivity index (χ1n) is 3.69. The summed E-state index contributed by atoms with van der Waals surface area (Å²) >= 11 is 4.52. The first-order valence-corrected chi connectivity index (χ1v) is 12.1. The van der Waals surface area contributed by atoms with Gasteiger partial charge in [-0.25, -0.2) is 0 Å². The summed E-state index contributed by atoms with van der Waals surface area (Å²) < 4.78 is 123. The van der Waals surface area contributed by atoms with Crippen LogP contribution in [0.2, 0.25) is 0 Å². The fourth-order valence-corrected chi connectivity index (χ4v) is 9.71. The van der Waals surface area contributed by atoms with Gasteiger partial charge in [-0.2, -0.15) is 4.20 Å².